The minimum Gasteiger partial charge on any atom is -0.493 e. The molecule has 1 amide bonds. The second kappa shape index (κ2) is 8.23. The van der Waals surface area contributed by atoms with E-state index < -0.39 is 0 Å². The standard InChI is InChI=1S/C23H27NO5/c1-26-19-7-5-6-17(21(19)27-2)22(25)24-15-23(10-3-4-11-23)16-8-9-18-20(14-16)29-13-12-28-18/h5-9,14H,3-4,10-13,15H2,1-2H3,(H,24,25). The highest BCUT2D eigenvalue weighted by molar-refractivity contribution is 5.97. The number of carbonyl (C=O) groups is 1. The zero-order chi connectivity index (χ0) is 20.3. The van der Waals surface area contributed by atoms with Gasteiger partial charge < -0.3 is 24.3 Å². The molecule has 2 aromatic rings. The summed E-state index contributed by atoms with van der Waals surface area (Å²) in [6.45, 7) is 1.71. The van der Waals surface area contributed by atoms with E-state index in [0.29, 0.717) is 36.8 Å². The first kappa shape index (κ1) is 19.4. The number of para-hydroxylation sites is 1. The molecule has 1 heterocycles. The van der Waals surface area contributed by atoms with Crippen LogP contribution in [0, 0.1) is 0 Å². The van der Waals surface area contributed by atoms with Crippen molar-refractivity contribution in [1.82, 2.24) is 5.32 Å². The minimum absolute atomic E-state index is 0.0996. The Hall–Kier alpha value is -2.89. The van der Waals surface area contributed by atoms with Crippen molar-refractivity contribution in [2.45, 2.75) is 31.1 Å². The third-order valence-corrected chi connectivity index (χ3v) is 5.95. The molecule has 1 fully saturated rings. The highest BCUT2D eigenvalue weighted by Crippen LogP contribution is 2.44. The molecular weight excluding hydrogens is 370 g/mol. The molecule has 2 aliphatic rings. The largest absolute Gasteiger partial charge is 0.493 e. The van der Waals surface area contributed by atoms with Crippen molar-refractivity contribution in [2.24, 2.45) is 0 Å². The molecule has 0 bridgehead atoms. The molecule has 0 spiro atoms. The molecule has 0 radical (unpaired) electrons. The summed E-state index contributed by atoms with van der Waals surface area (Å²) in [6.07, 6.45) is 4.35. The molecule has 6 heteroatoms. The number of amides is 1. The number of benzene rings is 2. The second-order valence-electron chi connectivity index (χ2n) is 7.57. The zero-order valence-electron chi connectivity index (χ0n) is 17.0. The molecule has 0 saturated heterocycles. The summed E-state index contributed by atoms with van der Waals surface area (Å²) in [5, 5.41) is 3.14. The number of hydrogen-bond acceptors (Lipinski definition) is 5. The number of ether oxygens (including phenoxy) is 4. The molecule has 1 saturated carbocycles. The topological polar surface area (TPSA) is 66.0 Å². The van der Waals surface area contributed by atoms with Crippen LogP contribution in [0.5, 0.6) is 23.0 Å². The number of fused-ring (bicyclic) bond motifs is 1. The Bertz CT molecular complexity index is 889. The van der Waals surface area contributed by atoms with E-state index in [-0.39, 0.29) is 11.3 Å². The lowest BCUT2D eigenvalue weighted by atomic mass is 9.78. The van der Waals surface area contributed by atoms with Gasteiger partial charge in [0.25, 0.3) is 5.91 Å². The Morgan fingerprint density at radius 1 is 1.03 bits per heavy atom. The third-order valence-electron chi connectivity index (χ3n) is 5.95. The number of hydrogen-bond donors (Lipinski definition) is 1. The fourth-order valence-electron chi connectivity index (χ4n) is 4.40. The van der Waals surface area contributed by atoms with Gasteiger partial charge in [0.2, 0.25) is 0 Å². The monoisotopic (exact) mass is 397 g/mol. The van der Waals surface area contributed by atoms with Crippen LogP contribution in [0.2, 0.25) is 0 Å². The lowest BCUT2D eigenvalue weighted by Gasteiger charge is -2.31. The van der Waals surface area contributed by atoms with Crippen LogP contribution in [0.15, 0.2) is 36.4 Å². The van der Waals surface area contributed by atoms with Crippen molar-refractivity contribution in [3.8, 4) is 23.0 Å². The molecule has 1 aliphatic heterocycles. The average molecular weight is 397 g/mol. The highest BCUT2D eigenvalue weighted by atomic mass is 16.6. The average Bonchev–Trinajstić information content (AvgIpc) is 3.26. The van der Waals surface area contributed by atoms with Crippen LogP contribution < -0.4 is 24.3 Å². The Kier molecular flexibility index (Phi) is 5.51. The molecule has 29 heavy (non-hydrogen) atoms. The van der Waals surface area contributed by atoms with Crippen LogP contribution in [0.25, 0.3) is 0 Å². The van der Waals surface area contributed by atoms with E-state index in [9.17, 15) is 4.79 Å². The van der Waals surface area contributed by atoms with Gasteiger partial charge in [-0.1, -0.05) is 25.0 Å². The third kappa shape index (κ3) is 3.71. The van der Waals surface area contributed by atoms with Crippen molar-refractivity contribution < 1.29 is 23.7 Å². The van der Waals surface area contributed by atoms with Crippen LogP contribution >= 0.6 is 0 Å². The molecule has 4 rings (SSSR count). The van der Waals surface area contributed by atoms with Gasteiger partial charge in [0, 0.05) is 12.0 Å². The summed E-state index contributed by atoms with van der Waals surface area (Å²) in [4.78, 5) is 13.0. The van der Waals surface area contributed by atoms with Crippen molar-refractivity contribution in [2.75, 3.05) is 34.0 Å². The van der Waals surface area contributed by atoms with Crippen molar-refractivity contribution in [3.05, 3.63) is 47.5 Å². The van der Waals surface area contributed by atoms with E-state index in [0.717, 1.165) is 37.2 Å². The molecule has 6 nitrogen and oxygen atoms in total. The van der Waals surface area contributed by atoms with Crippen molar-refractivity contribution in [3.63, 3.8) is 0 Å². The van der Waals surface area contributed by atoms with E-state index in [4.69, 9.17) is 18.9 Å². The Morgan fingerprint density at radius 3 is 2.52 bits per heavy atom. The predicted molar refractivity (Wildman–Crippen MR) is 109 cm³/mol. The Morgan fingerprint density at radius 2 is 1.79 bits per heavy atom. The fourth-order valence-corrected chi connectivity index (χ4v) is 4.40. The molecular formula is C23H27NO5. The summed E-state index contributed by atoms with van der Waals surface area (Å²) in [5.74, 6) is 2.42. The van der Waals surface area contributed by atoms with Gasteiger partial charge in [-0.2, -0.15) is 0 Å². The van der Waals surface area contributed by atoms with Crippen LogP contribution in [0.1, 0.15) is 41.6 Å². The van der Waals surface area contributed by atoms with Gasteiger partial charge in [-0.15, -0.1) is 0 Å². The first-order valence-electron chi connectivity index (χ1n) is 10.1. The maximum Gasteiger partial charge on any atom is 0.255 e. The number of nitrogens with one attached hydrogen (secondary N) is 1. The number of methoxy groups -OCH3 is 2. The fraction of sp³-hybridized carbons (Fsp3) is 0.435. The maximum absolute atomic E-state index is 13.0. The van der Waals surface area contributed by atoms with E-state index in [1.54, 1.807) is 32.4 Å². The normalized spacial score (nSPS) is 16.9. The van der Waals surface area contributed by atoms with E-state index in [2.05, 4.69) is 17.4 Å². The Balaban J connectivity index is 1.56. The van der Waals surface area contributed by atoms with Crippen LogP contribution in [-0.2, 0) is 5.41 Å². The molecule has 0 atom stereocenters. The lowest BCUT2D eigenvalue weighted by Crippen LogP contribution is -2.39. The van der Waals surface area contributed by atoms with E-state index >= 15 is 0 Å². The minimum atomic E-state index is -0.162. The van der Waals surface area contributed by atoms with Crippen molar-refractivity contribution >= 4 is 5.91 Å². The first-order valence-corrected chi connectivity index (χ1v) is 10.1. The molecule has 2 aromatic carbocycles. The van der Waals surface area contributed by atoms with Crippen molar-refractivity contribution in [1.29, 1.82) is 0 Å². The van der Waals surface area contributed by atoms with Crippen LogP contribution in [0.4, 0.5) is 0 Å². The number of carbonyl (C=O) groups excluding carboxylic acids is 1. The van der Waals surface area contributed by atoms with Gasteiger partial charge >= 0.3 is 0 Å². The smallest absolute Gasteiger partial charge is 0.255 e. The van der Waals surface area contributed by atoms with Gasteiger partial charge in [-0.05, 0) is 42.7 Å². The summed E-state index contributed by atoms with van der Waals surface area (Å²) in [5.41, 5.74) is 1.57. The molecule has 0 unspecified atom stereocenters. The van der Waals surface area contributed by atoms with Gasteiger partial charge in [-0.3, -0.25) is 4.79 Å². The van der Waals surface area contributed by atoms with Gasteiger partial charge in [0.1, 0.15) is 13.2 Å². The molecule has 0 aromatic heterocycles. The maximum atomic E-state index is 13.0. The SMILES string of the molecule is COc1cccc(C(=O)NCC2(c3ccc4c(c3)OCCO4)CCCC2)c1OC. The summed E-state index contributed by atoms with van der Waals surface area (Å²) in [6, 6.07) is 11.5. The van der Waals surface area contributed by atoms with Crippen LogP contribution in [-0.4, -0.2) is 39.9 Å². The summed E-state index contributed by atoms with van der Waals surface area (Å²) < 4.78 is 22.2. The number of rotatable bonds is 6. The molecule has 1 aliphatic carbocycles. The quantitative estimate of drug-likeness (QED) is 0.805. The first-order chi connectivity index (χ1) is 14.2. The summed E-state index contributed by atoms with van der Waals surface area (Å²) >= 11 is 0. The van der Waals surface area contributed by atoms with Gasteiger partial charge in [0.05, 0.1) is 19.8 Å². The molecule has 154 valence electrons. The van der Waals surface area contributed by atoms with Gasteiger partial charge in [0.15, 0.2) is 23.0 Å². The van der Waals surface area contributed by atoms with Gasteiger partial charge in [-0.25, -0.2) is 0 Å². The lowest BCUT2D eigenvalue weighted by molar-refractivity contribution is 0.0939. The van der Waals surface area contributed by atoms with E-state index in [1.807, 2.05) is 6.07 Å². The van der Waals surface area contributed by atoms with Crippen LogP contribution in [0.3, 0.4) is 0 Å². The zero-order valence-corrected chi connectivity index (χ0v) is 17.0. The molecule has 1 N–H and O–H groups in total. The highest BCUT2D eigenvalue weighted by Gasteiger charge is 2.37. The summed E-state index contributed by atoms with van der Waals surface area (Å²) in [7, 11) is 3.11. The second-order valence-corrected chi connectivity index (χ2v) is 7.57. The predicted octanol–water partition coefficient (Wildman–Crippen LogP) is 3.72. The Labute approximate surface area is 171 Å². The van der Waals surface area contributed by atoms with E-state index in [1.165, 1.54) is 5.56 Å².